The number of hydrogen-bond acceptors (Lipinski definition) is 5. The number of anilines is 1. The molecule has 1 aliphatic heterocycles. The molecule has 0 spiro atoms. The van der Waals surface area contributed by atoms with Gasteiger partial charge in [0.25, 0.3) is 0 Å². The van der Waals surface area contributed by atoms with E-state index in [4.69, 9.17) is 4.74 Å². The Hall–Kier alpha value is -3.18. The predicted molar refractivity (Wildman–Crippen MR) is 129 cm³/mol. The molecule has 5 heteroatoms. The van der Waals surface area contributed by atoms with Crippen molar-refractivity contribution in [3.63, 3.8) is 0 Å². The molecule has 1 saturated heterocycles. The summed E-state index contributed by atoms with van der Waals surface area (Å²) in [5.41, 5.74) is 4.39. The summed E-state index contributed by atoms with van der Waals surface area (Å²) in [4.78, 5) is 21.7. The summed E-state index contributed by atoms with van der Waals surface area (Å²) >= 11 is 0. The van der Waals surface area contributed by atoms with E-state index in [-0.39, 0.29) is 12.1 Å². The fourth-order valence-electron chi connectivity index (χ4n) is 4.36. The molecule has 1 aromatic heterocycles. The van der Waals surface area contributed by atoms with Crippen molar-refractivity contribution in [2.24, 2.45) is 0 Å². The molecule has 0 aliphatic carbocycles. The van der Waals surface area contributed by atoms with E-state index in [1.807, 2.05) is 20.9 Å². The van der Waals surface area contributed by atoms with Crippen LogP contribution in [0.3, 0.4) is 0 Å². The number of ether oxygens (including phenoxy) is 1. The second-order valence-corrected chi connectivity index (χ2v) is 8.64. The van der Waals surface area contributed by atoms with Crippen LogP contribution in [0.2, 0.25) is 0 Å². The summed E-state index contributed by atoms with van der Waals surface area (Å²) in [7, 11) is 2.03. The van der Waals surface area contributed by atoms with Crippen LogP contribution < -0.4 is 4.90 Å². The Balaban J connectivity index is 1.47. The maximum Gasteiger partial charge on any atom is 0.342 e. The summed E-state index contributed by atoms with van der Waals surface area (Å²) in [5.74, 6) is 0.372. The van der Waals surface area contributed by atoms with Gasteiger partial charge in [0.2, 0.25) is 0 Å². The first-order valence-corrected chi connectivity index (χ1v) is 11.3. The molecule has 1 aliphatic rings. The zero-order valence-electron chi connectivity index (χ0n) is 19.1. The van der Waals surface area contributed by atoms with Crippen LogP contribution in [0, 0.1) is 0 Å². The summed E-state index contributed by atoms with van der Waals surface area (Å²) in [5, 5.41) is 0. The highest BCUT2D eigenvalue weighted by Crippen LogP contribution is 2.28. The third-order valence-corrected chi connectivity index (χ3v) is 5.97. The number of rotatable bonds is 7. The van der Waals surface area contributed by atoms with E-state index in [1.54, 1.807) is 18.3 Å². The van der Waals surface area contributed by atoms with Gasteiger partial charge < -0.3 is 9.64 Å². The van der Waals surface area contributed by atoms with Crippen molar-refractivity contribution in [1.29, 1.82) is 0 Å². The normalized spacial score (nSPS) is 16.3. The van der Waals surface area contributed by atoms with Gasteiger partial charge in [-0.15, -0.1) is 0 Å². The van der Waals surface area contributed by atoms with Gasteiger partial charge in [0, 0.05) is 38.9 Å². The second kappa shape index (κ2) is 9.96. The van der Waals surface area contributed by atoms with Crippen molar-refractivity contribution in [3.8, 4) is 11.1 Å². The number of pyridine rings is 1. The predicted octanol–water partition coefficient (Wildman–Crippen LogP) is 5.02. The third-order valence-electron chi connectivity index (χ3n) is 5.97. The molecule has 2 aromatic carbocycles. The zero-order valence-corrected chi connectivity index (χ0v) is 19.1. The maximum absolute atomic E-state index is 12.6. The number of carbonyl (C=O) groups excluding carboxylic acids is 1. The molecular weight excluding hydrogens is 398 g/mol. The molecule has 5 nitrogen and oxygen atoms in total. The van der Waals surface area contributed by atoms with Gasteiger partial charge in [-0.25, -0.2) is 9.78 Å². The highest BCUT2D eigenvalue weighted by atomic mass is 16.5. The minimum absolute atomic E-state index is 0.160. The summed E-state index contributed by atoms with van der Waals surface area (Å²) in [6, 6.07) is 23.1. The molecule has 4 rings (SSSR count). The fourth-order valence-corrected chi connectivity index (χ4v) is 4.36. The van der Waals surface area contributed by atoms with Crippen molar-refractivity contribution >= 4 is 11.8 Å². The molecule has 166 valence electrons. The number of benzene rings is 2. The van der Waals surface area contributed by atoms with Crippen molar-refractivity contribution < 1.29 is 9.53 Å². The Labute approximate surface area is 190 Å². The number of carbonyl (C=O) groups is 1. The van der Waals surface area contributed by atoms with E-state index in [0.29, 0.717) is 17.4 Å². The minimum atomic E-state index is -0.318. The quantitative estimate of drug-likeness (QED) is 0.493. The van der Waals surface area contributed by atoms with Crippen molar-refractivity contribution in [2.45, 2.75) is 39.0 Å². The Morgan fingerprint density at radius 2 is 1.84 bits per heavy atom. The van der Waals surface area contributed by atoms with E-state index >= 15 is 0 Å². The average Bonchev–Trinajstić information content (AvgIpc) is 3.27. The van der Waals surface area contributed by atoms with Crippen molar-refractivity contribution in [3.05, 3.63) is 84.1 Å². The molecule has 0 N–H and O–H groups in total. The lowest BCUT2D eigenvalue weighted by atomic mass is 9.99. The average molecular weight is 430 g/mol. The SMILES string of the molecule is CC(C)OC(=O)c1cccnc1N(C)C1CCN(Cc2ccccc2-c2ccccc2)C1. The number of hydrogen-bond donors (Lipinski definition) is 0. The third kappa shape index (κ3) is 5.00. The van der Waals surface area contributed by atoms with E-state index in [1.165, 1.54) is 16.7 Å². The topological polar surface area (TPSA) is 45.7 Å². The van der Waals surface area contributed by atoms with Crippen molar-refractivity contribution in [2.75, 3.05) is 25.0 Å². The standard InChI is InChI=1S/C27H31N3O2/c1-20(2)32-27(31)25-14-9-16-28-26(25)29(3)23-15-17-30(19-23)18-22-12-7-8-13-24(22)21-10-5-4-6-11-21/h4-14,16,20,23H,15,17-19H2,1-3H3. The number of likely N-dealkylation sites (N-methyl/N-ethyl adjacent to an activating group) is 1. The molecule has 1 atom stereocenters. The molecule has 0 bridgehead atoms. The molecule has 0 saturated carbocycles. The summed E-state index contributed by atoms with van der Waals surface area (Å²) < 4.78 is 5.43. The largest absolute Gasteiger partial charge is 0.459 e. The first-order chi connectivity index (χ1) is 15.5. The van der Waals surface area contributed by atoms with Crippen LogP contribution >= 0.6 is 0 Å². The molecule has 3 aromatic rings. The summed E-state index contributed by atoms with van der Waals surface area (Å²) in [6.07, 6.45) is 2.60. The number of nitrogens with zero attached hydrogens (tertiary/aromatic N) is 3. The summed E-state index contributed by atoms with van der Waals surface area (Å²) in [6.45, 7) is 6.56. The number of aromatic nitrogens is 1. The lowest BCUT2D eigenvalue weighted by molar-refractivity contribution is 0.0378. The van der Waals surface area contributed by atoms with Gasteiger partial charge in [0.05, 0.1) is 6.10 Å². The van der Waals surface area contributed by atoms with Crippen LogP contribution in [-0.4, -0.2) is 48.1 Å². The van der Waals surface area contributed by atoms with E-state index in [9.17, 15) is 4.79 Å². The van der Waals surface area contributed by atoms with Gasteiger partial charge in [0.1, 0.15) is 11.4 Å². The van der Waals surface area contributed by atoms with Gasteiger partial charge in [-0.3, -0.25) is 4.90 Å². The molecule has 32 heavy (non-hydrogen) atoms. The molecular formula is C27H31N3O2. The van der Waals surface area contributed by atoms with Gasteiger partial charge >= 0.3 is 5.97 Å². The minimum Gasteiger partial charge on any atom is -0.459 e. The second-order valence-electron chi connectivity index (χ2n) is 8.64. The Kier molecular flexibility index (Phi) is 6.86. The lowest BCUT2D eigenvalue weighted by Crippen LogP contribution is -2.36. The van der Waals surface area contributed by atoms with E-state index < -0.39 is 0 Å². The number of likely N-dealkylation sites (tertiary alicyclic amines) is 1. The number of esters is 1. The Morgan fingerprint density at radius 1 is 1.09 bits per heavy atom. The van der Waals surface area contributed by atoms with Gasteiger partial charge in [-0.2, -0.15) is 0 Å². The monoisotopic (exact) mass is 429 g/mol. The van der Waals surface area contributed by atoms with Gasteiger partial charge in [-0.1, -0.05) is 54.6 Å². The van der Waals surface area contributed by atoms with Crippen LogP contribution in [0.5, 0.6) is 0 Å². The fraction of sp³-hybridized carbons (Fsp3) is 0.333. The van der Waals surface area contributed by atoms with Crippen molar-refractivity contribution in [1.82, 2.24) is 9.88 Å². The van der Waals surface area contributed by atoms with Crippen LogP contribution in [0.1, 0.15) is 36.2 Å². The highest BCUT2D eigenvalue weighted by molar-refractivity contribution is 5.94. The molecule has 0 amide bonds. The highest BCUT2D eigenvalue weighted by Gasteiger charge is 2.29. The van der Waals surface area contributed by atoms with Crippen LogP contribution in [-0.2, 0) is 11.3 Å². The molecule has 1 unspecified atom stereocenters. The van der Waals surface area contributed by atoms with Crippen LogP contribution in [0.4, 0.5) is 5.82 Å². The molecule has 1 fully saturated rings. The van der Waals surface area contributed by atoms with E-state index in [0.717, 1.165) is 26.1 Å². The van der Waals surface area contributed by atoms with Gasteiger partial charge in [0.15, 0.2) is 0 Å². The zero-order chi connectivity index (χ0) is 22.5. The lowest BCUT2D eigenvalue weighted by Gasteiger charge is -2.27. The Morgan fingerprint density at radius 3 is 2.62 bits per heavy atom. The van der Waals surface area contributed by atoms with Gasteiger partial charge in [-0.05, 0) is 49.1 Å². The van der Waals surface area contributed by atoms with Crippen LogP contribution in [0.25, 0.3) is 11.1 Å². The molecule has 0 radical (unpaired) electrons. The first kappa shape index (κ1) is 22.0. The molecule has 2 heterocycles. The van der Waals surface area contributed by atoms with Crippen LogP contribution in [0.15, 0.2) is 72.9 Å². The Bertz CT molecular complexity index is 1050. The first-order valence-electron chi connectivity index (χ1n) is 11.3. The smallest absolute Gasteiger partial charge is 0.342 e. The van der Waals surface area contributed by atoms with E-state index in [2.05, 4.69) is 69.4 Å². The maximum atomic E-state index is 12.6.